The summed E-state index contributed by atoms with van der Waals surface area (Å²) < 4.78 is 4.61. The molecule has 2 heterocycles. The second-order valence-corrected chi connectivity index (χ2v) is 5.48. The first-order chi connectivity index (χ1) is 9.93. The van der Waals surface area contributed by atoms with Crippen LogP contribution in [0.4, 0.5) is 10.6 Å². The van der Waals surface area contributed by atoms with Gasteiger partial charge >= 0.3 is 6.09 Å². The van der Waals surface area contributed by atoms with Crippen LogP contribution in [0.3, 0.4) is 0 Å². The molecule has 1 aliphatic heterocycles. The van der Waals surface area contributed by atoms with Crippen molar-refractivity contribution in [3.05, 3.63) is 16.8 Å². The van der Waals surface area contributed by atoms with E-state index in [1.165, 1.54) is 7.11 Å². The maximum Gasteiger partial charge on any atom is 0.407 e. The Morgan fingerprint density at radius 1 is 1.48 bits per heavy atom. The highest BCUT2D eigenvalue weighted by Crippen LogP contribution is 2.25. The zero-order valence-electron chi connectivity index (χ0n) is 12.3. The van der Waals surface area contributed by atoms with Crippen LogP contribution in [0, 0.1) is 13.8 Å². The van der Waals surface area contributed by atoms with Crippen molar-refractivity contribution < 1.29 is 9.53 Å². The minimum absolute atomic E-state index is 0.0139. The molecule has 1 fully saturated rings. The number of ether oxygens (including phenoxy) is 1. The van der Waals surface area contributed by atoms with Gasteiger partial charge in [-0.3, -0.25) is 0 Å². The lowest BCUT2D eigenvalue weighted by Crippen LogP contribution is -2.37. The van der Waals surface area contributed by atoms with Crippen molar-refractivity contribution >= 4 is 29.1 Å². The molecule has 1 amide bonds. The lowest BCUT2D eigenvalue weighted by molar-refractivity contribution is 0.167. The van der Waals surface area contributed by atoms with Crippen molar-refractivity contribution in [3.63, 3.8) is 0 Å². The maximum absolute atomic E-state index is 11.3. The molecule has 0 saturated carbocycles. The Hall–Kier alpha value is -1.96. The van der Waals surface area contributed by atoms with Crippen LogP contribution >= 0.6 is 12.2 Å². The summed E-state index contributed by atoms with van der Waals surface area (Å²) in [5.41, 5.74) is 8.35. The van der Waals surface area contributed by atoms with E-state index in [0.29, 0.717) is 17.4 Å². The van der Waals surface area contributed by atoms with Gasteiger partial charge in [-0.25, -0.2) is 4.79 Å². The van der Waals surface area contributed by atoms with E-state index in [1.807, 2.05) is 18.7 Å². The van der Waals surface area contributed by atoms with E-state index in [1.54, 1.807) is 0 Å². The van der Waals surface area contributed by atoms with Crippen LogP contribution in [0.5, 0.6) is 0 Å². The largest absolute Gasteiger partial charge is 0.453 e. The number of hydrogen-bond donors (Lipinski definition) is 2. The van der Waals surface area contributed by atoms with Crippen LogP contribution in [-0.2, 0) is 4.74 Å². The van der Waals surface area contributed by atoms with Gasteiger partial charge in [-0.05, 0) is 25.8 Å². The Kier molecular flexibility index (Phi) is 4.56. The van der Waals surface area contributed by atoms with Gasteiger partial charge in [0, 0.05) is 13.1 Å². The second-order valence-electron chi connectivity index (χ2n) is 5.04. The third-order valence-electron chi connectivity index (χ3n) is 3.68. The number of anilines is 1. The van der Waals surface area contributed by atoms with Gasteiger partial charge in [0.1, 0.15) is 4.99 Å². The van der Waals surface area contributed by atoms with Crippen LogP contribution in [0.1, 0.15) is 23.2 Å². The highest BCUT2D eigenvalue weighted by Gasteiger charge is 2.28. The molecule has 0 aromatic carbocycles. The third kappa shape index (κ3) is 3.21. The van der Waals surface area contributed by atoms with Gasteiger partial charge in [0.15, 0.2) is 5.82 Å². The van der Waals surface area contributed by atoms with Crippen LogP contribution in [-0.4, -0.2) is 47.5 Å². The Morgan fingerprint density at radius 3 is 2.81 bits per heavy atom. The van der Waals surface area contributed by atoms with Crippen molar-refractivity contribution in [1.29, 1.82) is 0 Å². The highest BCUT2D eigenvalue weighted by atomic mass is 32.1. The molecule has 1 aromatic heterocycles. The molecule has 8 heteroatoms. The molecule has 1 aliphatic rings. The smallest absolute Gasteiger partial charge is 0.407 e. The van der Waals surface area contributed by atoms with Gasteiger partial charge in [-0.15, -0.1) is 5.10 Å². The molecule has 1 unspecified atom stereocenters. The van der Waals surface area contributed by atoms with Crippen molar-refractivity contribution in [2.45, 2.75) is 26.3 Å². The number of aromatic nitrogens is 2. The quantitative estimate of drug-likeness (QED) is 0.792. The molecular weight excluding hydrogens is 290 g/mol. The topological polar surface area (TPSA) is 93.4 Å². The number of aryl methyl sites for hydroxylation is 1. The van der Waals surface area contributed by atoms with E-state index in [9.17, 15) is 4.79 Å². The highest BCUT2D eigenvalue weighted by molar-refractivity contribution is 7.80. The summed E-state index contributed by atoms with van der Waals surface area (Å²) in [5, 5.41) is 11.2. The number of amides is 1. The fraction of sp³-hybridized carbons (Fsp3) is 0.538. The average molecular weight is 309 g/mol. The van der Waals surface area contributed by atoms with Gasteiger partial charge < -0.3 is 20.7 Å². The number of hydrogen-bond acceptors (Lipinski definition) is 6. The van der Waals surface area contributed by atoms with Crippen molar-refractivity contribution in [2.75, 3.05) is 25.1 Å². The van der Waals surface area contributed by atoms with Crippen LogP contribution in [0.15, 0.2) is 0 Å². The standard InChI is InChI=1S/C13H19N5O2S/c1-7-8(2)16-17-12(10(7)11(14)21)18-5-4-9(6-18)15-13(19)20-3/h9H,4-6H2,1-3H3,(H2,14,21)(H,15,19). The number of carbonyl (C=O) groups is 1. The van der Waals surface area contributed by atoms with E-state index in [2.05, 4.69) is 20.3 Å². The normalized spacial score (nSPS) is 17.7. The Bertz CT molecular complexity index is 578. The summed E-state index contributed by atoms with van der Waals surface area (Å²) >= 11 is 5.14. The fourth-order valence-corrected chi connectivity index (χ4v) is 2.65. The number of carbonyl (C=O) groups excluding carboxylic acids is 1. The van der Waals surface area contributed by atoms with Crippen LogP contribution in [0.2, 0.25) is 0 Å². The van der Waals surface area contributed by atoms with E-state index >= 15 is 0 Å². The van der Waals surface area contributed by atoms with Gasteiger partial charge in [0.05, 0.1) is 24.4 Å². The van der Waals surface area contributed by atoms with Gasteiger partial charge in [-0.2, -0.15) is 5.10 Å². The molecular formula is C13H19N5O2S. The predicted molar refractivity (Wildman–Crippen MR) is 83.6 cm³/mol. The second kappa shape index (κ2) is 6.21. The number of nitrogens with one attached hydrogen (secondary N) is 1. The number of methoxy groups -OCH3 is 1. The van der Waals surface area contributed by atoms with Gasteiger partial charge in [0.2, 0.25) is 0 Å². The number of nitrogens with two attached hydrogens (primary N) is 1. The molecule has 7 nitrogen and oxygen atoms in total. The molecule has 0 bridgehead atoms. The zero-order valence-corrected chi connectivity index (χ0v) is 13.2. The number of nitrogens with zero attached hydrogens (tertiary/aromatic N) is 3. The molecule has 114 valence electrons. The molecule has 3 N–H and O–H groups in total. The lowest BCUT2D eigenvalue weighted by Gasteiger charge is -2.21. The monoisotopic (exact) mass is 309 g/mol. The molecule has 2 rings (SSSR count). The molecule has 0 spiro atoms. The number of alkyl carbamates (subject to hydrolysis) is 1. The van der Waals surface area contributed by atoms with Crippen molar-refractivity contribution in [3.8, 4) is 0 Å². The third-order valence-corrected chi connectivity index (χ3v) is 3.88. The average Bonchev–Trinajstić information content (AvgIpc) is 2.89. The minimum atomic E-state index is -0.428. The molecule has 1 atom stereocenters. The Balaban J connectivity index is 2.22. The van der Waals surface area contributed by atoms with E-state index in [4.69, 9.17) is 18.0 Å². The molecule has 0 radical (unpaired) electrons. The van der Waals surface area contributed by atoms with E-state index in [-0.39, 0.29) is 6.04 Å². The maximum atomic E-state index is 11.3. The lowest BCUT2D eigenvalue weighted by atomic mass is 10.1. The first-order valence-electron chi connectivity index (χ1n) is 6.67. The summed E-state index contributed by atoms with van der Waals surface area (Å²) in [6.45, 7) is 5.19. The van der Waals surface area contributed by atoms with Crippen molar-refractivity contribution in [2.24, 2.45) is 5.73 Å². The van der Waals surface area contributed by atoms with E-state index in [0.717, 1.165) is 29.8 Å². The van der Waals surface area contributed by atoms with Crippen LogP contribution in [0.25, 0.3) is 0 Å². The molecule has 21 heavy (non-hydrogen) atoms. The Morgan fingerprint density at radius 2 is 2.19 bits per heavy atom. The summed E-state index contributed by atoms with van der Waals surface area (Å²) in [5.74, 6) is 0.680. The first kappa shape index (κ1) is 15.4. The molecule has 0 aliphatic carbocycles. The first-order valence-corrected chi connectivity index (χ1v) is 7.08. The SMILES string of the molecule is COC(=O)NC1CCN(c2nnc(C)c(C)c2C(N)=S)C1. The number of thiocarbonyl (C=S) groups is 1. The summed E-state index contributed by atoms with van der Waals surface area (Å²) in [6.07, 6.45) is 0.378. The Labute approximate surface area is 128 Å². The summed E-state index contributed by atoms with van der Waals surface area (Å²) in [4.78, 5) is 13.6. The van der Waals surface area contributed by atoms with Gasteiger partial charge in [0.25, 0.3) is 0 Å². The predicted octanol–water partition coefficient (Wildman–Crippen LogP) is 0.662. The minimum Gasteiger partial charge on any atom is -0.453 e. The van der Waals surface area contributed by atoms with Crippen molar-refractivity contribution in [1.82, 2.24) is 15.5 Å². The summed E-state index contributed by atoms with van der Waals surface area (Å²) in [7, 11) is 1.35. The number of rotatable bonds is 3. The van der Waals surface area contributed by atoms with Gasteiger partial charge in [-0.1, -0.05) is 12.2 Å². The zero-order chi connectivity index (χ0) is 15.6. The fourth-order valence-electron chi connectivity index (χ4n) is 2.41. The molecule has 1 aromatic rings. The van der Waals surface area contributed by atoms with E-state index < -0.39 is 6.09 Å². The molecule has 1 saturated heterocycles. The summed E-state index contributed by atoms with van der Waals surface area (Å²) in [6, 6.07) is 0.0139. The van der Waals surface area contributed by atoms with Crippen LogP contribution < -0.4 is 16.0 Å².